The molecule has 0 aliphatic heterocycles. The van der Waals surface area contributed by atoms with Crippen molar-refractivity contribution in [3.63, 3.8) is 0 Å². The topological polar surface area (TPSA) is 17.1 Å². The number of Topliss-reactive ketones (excluding diaryl/α,β-unsaturated/α-hetero) is 1. The molecule has 2 rings (SSSR count). The molecule has 1 saturated carbocycles. The largest absolute Gasteiger partial charge is 0.392 e. The molecule has 1 aromatic rings. The van der Waals surface area contributed by atoms with Crippen LogP contribution >= 0.6 is 0 Å². The summed E-state index contributed by atoms with van der Waals surface area (Å²) >= 11 is 0. The Morgan fingerprint density at radius 3 is 2.37 bits per heavy atom. The Morgan fingerprint density at radius 2 is 1.74 bits per heavy atom. The highest BCUT2D eigenvalue weighted by molar-refractivity contribution is 5.83. The van der Waals surface area contributed by atoms with Crippen LogP contribution in [0.2, 0.25) is 0 Å². The minimum Gasteiger partial charge on any atom is -0.299 e. The summed E-state index contributed by atoms with van der Waals surface area (Å²) in [5.74, 6) is -2.57. The third-order valence-corrected chi connectivity index (χ3v) is 3.82. The van der Waals surface area contributed by atoms with E-state index in [0.29, 0.717) is 12.8 Å². The maximum atomic E-state index is 12.9. The fourth-order valence-electron chi connectivity index (χ4n) is 2.84. The van der Waals surface area contributed by atoms with E-state index in [1.54, 1.807) is 24.3 Å². The van der Waals surface area contributed by atoms with E-state index in [1.165, 1.54) is 0 Å². The van der Waals surface area contributed by atoms with Gasteiger partial charge in [-0.05, 0) is 18.4 Å². The SMILES string of the molecule is O=C(Cc1ccccc1)C1CCCCC1C(F)(F)F. The fourth-order valence-corrected chi connectivity index (χ4v) is 2.84. The Labute approximate surface area is 110 Å². The molecule has 2 atom stereocenters. The first-order chi connectivity index (χ1) is 8.98. The van der Waals surface area contributed by atoms with E-state index in [1.807, 2.05) is 6.07 Å². The minimum atomic E-state index is -4.25. The van der Waals surface area contributed by atoms with Gasteiger partial charge in [-0.3, -0.25) is 4.79 Å². The van der Waals surface area contributed by atoms with Crippen molar-refractivity contribution >= 4 is 5.78 Å². The molecule has 19 heavy (non-hydrogen) atoms. The van der Waals surface area contributed by atoms with E-state index >= 15 is 0 Å². The Bertz CT molecular complexity index is 425. The van der Waals surface area contributed by atoms with Gasteiger partial charge in [0.25, 0.3) is 0 Å². The summed E-state index contributed by atoms with van der Waals surface area (Å²) in [6.07, 6.45) is -2.39. The first-order valence-electron chi connectivity index (χ1n) is 6.62. The second-order valence-electron chi connectivity index (χ2n) is 5.17. The highest BCUT2D eigenvalue weighted by Gasteiger charge is 2.47. The number of alkyl halides is 3. The number of carbonyl (C=O) groups is 1. The molecule has 0 spiro atoms. The van der Waals surface area contributed by atoms with Crippen molar-refractivity contribution < 1.29 is 18.0 Å². The Hall–Kier alpha value is -1.32. The van der Waals surface area contributed by atoms with Gasteiger partial charge >= 0.3 is 6.18 Å². The summed E-state index contributed by atoms with van der Waals surface area (Å²) in [4.78, 5) is 12.1. The molecule has 0 bridgehead atoms. The molecule has 0 radical (unpaired) electrons. The van der Waals surface area contributed by atoms with Crippen LogP contribution in [0.1, 0.15) is 31.2 Å². The van der Waals surface area contributed by atoms with Crippen LogP contribution in [0.15, 0.2) is 30.3 Å². The van der Waals surface area contributed by atoms with Gasteiger partial charge in [0.1, 0.15) is 5.78 Å². The van der Waals surface area contributed by atoms with Gasteiger partial charge in [0, 0.05) is 12.3 Å². The molecule has 0 saturated heterocycles. The van der Waals surface area contributed by atoms with E-state index in [-0.39, 0.29) is 18.6 Å². The molecule has 0 amide bonds. The number of halogens is 3. The van der Waals surface area contributed by atoms with Crippen LogP contribution < -0.4 is 0 Å². The number of rotatable bonds is 3. The zero-order valence-corrected chi connectivity index (χ0v) is 10.6. The third kappa shape index (κ3) is 3.58. The highest BCUT2D eigenvalue weighted by atomic mass is 19.4. The molecular weight excluding hydrogens is 253 g/mol. The molecule has 0 N–H and O–H groups in total. The second-order valence-corrected chi connectivity index (χ2v) is 5.17. The molecular formula is C15H17F3O. The van der Waals surface area contributed by atoms with Crippen molar-refractivity contribution in [3.8, 4) is 0 Å². The lowest BCUT2D eigenvalue weighted by Crippen LogP contribution is -2.37. The summed E-state index contributed by atoms with van der Waals surface area (Å²) in [5, 5.41) is 0. The van der Waals surface area contributed by atoms with E-state index < -0.39 is 18.0 Å². The van der Waals surface area contributed by atoms with Gasteiger partial charge in [-0.25, -0.2) is 0 Å². The predicted molar refractivity (Wildman–Crippen MR) is 66.7 cm³/mol. The van der Waals surface area contributed by atoms with E-state index in [2.05, 4.69) is 0 Å². The Balaban J connectivity index is 2.08. The predicted octanol–water partition coefficient (Wildman–Crippen LogP) is 4.17. The second kappa shape index (κ2) is 5.76. The first kappa shape index (κ1) is 14.1. The molecule has 104 valence electrons. The quantitative estimate of drug-likeness (QED) is 0.805. The van der Waals surface area contributed by atoms with Crippen molar-refractivity contribution in [2.24, 2.45) is 11.8 Å². The molecule has 1 nitrogen and oxygen atoms in total. The summed E-state index contributed by atoms with van der Waals surface area (Å²) in [6.45, 7) is 0. The van der Waals surface area contributed by atoms with Gasteiger partial charge < -0.3 is 0 Å². The van der Waals surface area contributed by atoms with Crippen LogP contribution in [0.5, 0.6) is 0 Å². The Morgan fingerprint density at radius 1 is 1.11 bits per heavy atom. The van der Waals surface area contributed by atoms with Crippen LogP contribution in [-0.2, 0) is 11.2 Å². The summed E-state index contributed by atoms with van der Waals surface area (Å²) in [7, 11) is 0. The number of hydrogen-bond donors (Lipinski definition) is 0. The number of benzene rings is 1. The normalized spacial score (nSPS) is 24.2. The highest BCUT2D eigenvalue weighted by Crippen LogP contribution is 2.42. The first-order valence-corrected chi connectivity index (χ1v) is 6.62. The van der Waals surface area contributed by atoms with Gasteiger partial charge in [0.2, 0.25) is 0 Å². The summed E-state index contributed by atoms with van der Waals surface area (Å²) in [6, 6.07) is 8.98. The van der Waals surface area contributed by atoms with E-state index in [9.17, 15) is 18.0 Å². The van der Waals surface area contributed by atoms with E-state index in [0.717, 1.165) is 12.0 Å². The molecule has 1 fully saturated rings. The molecule has 4 heteroatoms. The van der Waals surface area contributed by atoms with E-state index in [4.69, 9.17) is 0 Å². The van der Waals surface area contributed by atoms with Crippen LogP contribution in [0.25, 0.3) is 0 Å². The molecule has 0 aromatic heterocycles. The van der Waals surface area contributed by atoms with Gasteiger partial charge in [0.05, 0.1) is 5.92 Å². The Kier molecular flexibility index (Phi) is 4.27. The van der Waals surface area contributed by atoms with Crippen molar-refractivity contribution in [2.75, 3.05) is 0 Å². The number of ketones is 1. The fraction of sp³-hybridized carbons (Fsp3) is 0.533. The lowest BCUT2D eigenvalue weighted by Gasteiger charge is -2.32. The monoisotopic (exact) mass is 270 g/mol. The van der Waals surface area contributed by atoms with Gasteiger partial charge in [-0.15, -0.1) is 0 Å². The van der Waals surface area contributed by atoms with Crippen LogP contribution in [-0.4, -0.2) is 12.0 Å². The molecule has 2 unspecified atom stereocenters. The number of carbonyl (C=O) groups excluding carboxylic acids is 1. The summed E-state index contributed by atoms with van der Waals surface area (Å²) in [5.41, 5.74) is 0.791. The van der Waals surface area contributed by atoms with Crippen LogP contribution in [0, 0.1) is 11.8 Å². The standard InChI is InChI=1S/C15H17F3O/c16-15(17,18)13-9-5-4-8-12(13)14(19)10-11-6-2-1-3-7-11/h1-3,6-7,12-13H,4-5,8-10H2. The third-order valence-electron chi connectivity index (χ3n) is 3.82. The average molecular weight is 270 g/mol. The van der Waals surface area contributed by atoms with Crippen LogP contribution in [0.4, 0.5) is 13.2 Å². The smallest absolute Gasteiger partial charge is 0.299 e. The van der Waals surface area contributed by atoms with Gasteiger partial charge in [0.15, 0.2) is 0 Å². The molecule has 1 aromatic carbocycles. The zero-order chi connectivity index (χ0) is 13.9. The lowest BCUT2D eigenvalue weighted by molar-refractivity contribution is -0.197. The lowest BCUT2D eigenvalue weighted by atomic mass is 9.75. The molecule has 1 aliphatic rings. The van der Waals surface area contributed by atoms with Crippen molar-refractivity contribution in [2.45, 2.75) is 38.3 Å². The average Bonchev–Trinajstić information content (AvgIpc) is 2.39. The zero-order valence-electron chi connectivity index (χ0n) is 10.6. The van der Waals surface area contributed by atoms with Crippen molar-refractivity contribution in [3.05, 3.63) is 35.9 Å². The molecule has 0 heterocycles. The van der Waals surface area contributed by atoms with Crippen molar-refractivity contribution in [1.82, 2.24) is 0 Å². The maximum Gasteiger partial charge on any atom is 0.392 e. The maximum absolute atomic E-state index is 12.9. The van der Waals surface area contributed by atoms with Crippen molar-refractivity contribution in [1.29, 1.82) is 0 Å². The van der Waals surface area contributed by atoms with Gasteiger partial charge in [-0.1, -0.05) is 43.2 Å². The van der Waals surface area contributed by atoms with Gasteiger partial charge in [-0.2, -0.15) is 13.2 Å². The number of hydrogen-bond acceptors (Lipinski definition) is 1. The minimum absolute atomic E-state index is 0.0920. The van der Waals surface area contributed by atoms with Crippen LogP contribution in [0.3, 0.4) is 0 Å². The summed E-state index contributed by atoms with van der Waals surface area (Å²) < 4.78 is 38.8. The molecule has 1 aliphatic carbocycles.